The van der Waals surface area contributed by atoms with Crippen molar-refractivity contribution in [2.75, 3.05) is 0 Å². The van der Waals surface area contributed by atoms with Crippen molar-refractivity contribution in [3.05, 3.63) is 0 Å². The van der Waals surface area contributed by atoms with Crippen LogP contribution in [0.2, 0.25) is 0 Å². The van der Waals surface area contributed by atoms with Crippen LogP contribution < -0.4 is 0 Å². The molecule has 96 valence electrons. The van der Waals surface area contributed by atoms with Gasteiger partial charge in [-0.1, -0.05) is 23.2 Å². The van der Waals surface area contributed by atoms with Gasteiger partial charge in [0.15, 0.2) is 0 Å². The number of alkyl halides is 10. The Bertz CT molecular complexity index is 290. The highest BCUT2D eigenvalue weighted by Crippen LogP contribution is 2.49. The number of ketones is 1. The van der Waals surface area contributed by atoms with E-state index in [1.807, 2.05) is 0 Å². The summed E-state index contributed by atoms with van der Waals surface area (Å²) >= 11 is 8.19. The quantitative estimate of drug-likeness (QED) is 0.576. The maximum Gasteiger partial charge on any atom is 0.460 e. The predicted octanol–water partition coefficient (Wildman–Crippen LogP) is 3.49. The van der Waals surface area contributed by atoms with Crippen molar-refractivity contribution in [1.29, 1.82) is 0 Å². The predicted molar refractivity (Wildman–Crippen MR) is 36.5 cm³/mol. The van der Waals surface area contributed by atoms with Crippen molar-refractivity contribution in [2.45, 2.75) is 22.6 Å². The van der Waals surface area contributed by atoms with Gasteiger partial charge in [-0.15, -0.1) is 0 Å². The van der Waals surface area contributed by atoms with E-state index in [1.54, 1.807) is 0 Å². The summed E-state index contributed by atoms with van der Waals surface area (Å²) in [5.41, 5.74) is 0. The van der Waals surface area contributed by atoms with Crippen molar-refractivity contribution in [1.82, 2.24) is 0 Å². The van der Waals surface area contributed by atoms with Gasteiger partial charge in [0.05, 0.1) is 0 Å². The lowest BCUT2D eigenvalue weighted by Gasteiger charge is -2.28. The molecular formula is C5Cl2F8O. The average molecular weight is 299 g/mol. The molecule has 0 saturated carbocycles. The fourth-order valence-corrected chi connectivity index (χ4v) is 0.736. The van der Waals surface area contributed by atoms with Crippen LogP contribution in [0.3, 0.4) is 0 Å². The Hall–Kier alpha value is -0.310. The first-order valence-electron chi connectivity index (χ1n) is 3.09. The van der Waals surface area contributed by atoms with Crippen molar-refractivity contribution in [3.63, 3.8) is 0 Å². The van der Waals surface area contributed by atoms with Gasteiger partial charge in [0.1, 0.15) is 0 Å². The first-order chi connectivity index (χ1) is 6.65. The molecule has 0 amide bonds. The first kappa shape index (κ1) is 15.7. The molecule has 0 fully saturated rings. The second kappa shape index (κ2) is 3.86. The van der Waals surface area contributed by atoms with E-state index in [0.717, 1.165) is 0 Å². The molecule has 0 aliphatic carbocycles. The molecule has 11 heteroatoms. The number of Topliss-reactive ketones (excluding diaryl/α,β-unsaturated/α-hetero) is 1. The molecule has 0 saturated heterocycles. The molecule has 16 heavy (non-hydrogen) atoms. The van der Waals surface area contributed by atoms with Crippen molar-refractivity contribution >= 4 is 29.0 Å². The Morgan fingerprint density at radius 3 is 1.31 bits per heavy atom. The molecule has 0 spiro atoms. The molecule has 0 atom stereocenters. The van der Waals surface area contributed by atoms with Crippen molar-refractivity contribution in [3.8, 4) is 0 Å². The lowest BCUT2D eigenvalue weighted by atomic mass is 10.1. The summed E-state index contributed by atoms with van der Waals surface area (Å²) in [7, 11) is 0. The zero-order chi connectivity index (χ0) is 13.6. The van der Waals surface area contributed by atoms with E-state index >= 15 is 0 Å². The third-order valence-corrected chi connectivity index (χ3v) is 1.64. The number of hydrogen-bond donors (Lipinski definition) is 0. The highest BCUT2D eigenvalue weighted by atomic mass is 35.5. The molecule has 0 aromatic heterocycles. The molecule has 0 aromatic carbocycles. The number of hydrogen-bond acceptors (Lipinski definition) is 1. The maximum absolute atomic E-state index is 12.4. The standard InChI is InChI=1S/C5Cl2F8O/c6-3(7,10)1(16)2(8,9)4(11,12)5(13,14)15. The Morgan fingerprint density at radius 1 is 0.812 bits per heavy atom. The molecule has 0 N–H and O–H groups in total. The topological polar surface area (TPSA) is 17.1 Å². The van der Waals surface area contributed by atoms with E-state index in [4.69, 9.17) is 0 Å². The summed E-state index contributed by atoms with van der Waals surface area (Å²) < 4.78 is 91.0. The minimum Gasteiger partial charge on any atom is -0.286 e. The Kier molecular flexibility index (Phi) is 3.79. The van der Waals surface area contributed by atoms with E-state index in [0.29, 0.717) is 0 Å². The molecule has 1 nitrogen and oxygen atoms in total. The van der Waals surface area contributed by atoms with Gasteiger partial charge in [-0.3, -0.25) is 4.79 Å². The van der Waals surface area contributed by atoms with Crippen LogP contribution in [0.4, 0.5) is 35.1 Å². The fourth-order valence-electron chi connectivity index (χ4n) is 0.499. The normalized spacial score (nSPS) is 15.1. The average Bonchev–Trinajstić information content (AvgIpc) is 1.98. The minimum atomic E-state index is -6.78. The van der Waals surface area contributed by atoms with Gasteiger partial charge in [-0.05, 0) is 0 Å². The number of carbonyl (C=O) groups is 1. The molecule has 0 aliphatic heterocycles. The van der Waals surface area contributed by atoms with Gasteiger partial charge in [0, 0.05) is 0 Å². The summed E-state index contributed by atoms with van der Waals surface area (Å²) in [6, 6.07) is 0. The molecular weight excluding hydrogens is 299 g/mol. The van der Waals surface area contributed by atoms with Crippen LogP contribution in [0.5, 0.6) is 0 Å². The van der Waals surface area contributed by atoms with E-state index in [1.165, 1.54) is 0 Å². The van der Waals surface area contributed by atoms with Gasteiger partial charge < -0.3 is 0 Å². The molecule has 0 aromatic rings. The van der Waals surface area contributed by atoms with Crippen LogP contribution in [0.1, 0.15) is 0 Å². The summed E-state index contributed by atoms with van der Waals surface area (Å²) in [4.78, 5) is 10.2. The van der Waals surface area contributed by atoms with E-state index in [9.17, 15) is 39.9 Å². The lowest BCUT2D eigenvalue weighted by Crippen LogP contribution is -2.59. The largest absolute Gasteiger partial charge is 0.460 e. The molecule has 0 radical (unpaired) electrons. The molecule has 0 heterocycles. The SMILES string of the molecule is O=C(C(F)(Cl)Cl)C(F)(F)C(F)(F)C(F)(F)F. The summed E-state index contributed by atoms with van der Waals surface area (Å²) in [5.74, 6) is -16.8. The Balaban J connectivity index is 5.46. The van der Waals surface area contributed by atoms with Crippen molar-refractivity contribution < 1.29 is 39.9 Å². The van der Waals surface area contributed by atoms with Crippen molar-refractivity contribution in [2.24, 2.45) is 0 Å². The number of carbonyl (C=O) groups excluding carboxylic acids is 1. The van der Waals surface area contributed by atoms with Gasteiger partial charge in [0.25, 0.3) is 5.78 Å². The van der Waals surface area contributed by atoms with Crippen LogP contribution in [0, 0.1) is 0 Å². The maximum atomic E-state index is 12.4. The third-order valence-electron chi connectivity index (χ3n) is 1.29. The second-order valence-electron chi connectivity index (χ2n) is 2.47. The summed E-state index contributed by atoms with van der Waals surface area (Å²) in [6.07, 6.45) is -6.76. The smallest absolute Gasteiger partial charge is 0.286 e. The highest BCUT2D eigenvalue weighted by molar-refractivity contribution is 6.57. The first-order valence-corrected chi connectivity index (χ1v) is 3.85. The Morgan fingerprint density at radius 2 is 1.12 bits per heavy atom. The van der Waals surface area contributed by atoms with Crippen LogP contribution in [0.15, 0.2) is 0 Å². The fraction of sp³-hybridized carbons (Fsp3) is 0.800. The number of rotatable bonds is 3. The van der Waals surface area contributed by atoms with Gasteiger partial charge in [-0.25, -0.2) is 0 Å². The monoisotopic (exact) mass is 298 g/mol. The molecule has 0 rings (SSSR count). The van der Waals surface area contributed by atoms with Gasteiger partial charge >= 0.3 is 22.6 Å². The summed E-state index contributed by atoms with van der Waals surface area (Å²) in [6.45, 7) is 0. The van der Waals surface area contributed by atoms with E-state index in [-0.39, 0.29) is 0 Å². The van der Waals surface area contributed by atoms with E-state index < -0.39 is 28.4 Å². The minimum absolute atomic E-state index is 3.59. The lowest BCUT2D eigenvalue weighted by molar-refractivity contribution is -0.344. The van der Waals surface area contributed by atoms with Crippen LogP contribution in [0.25, 0.3) is 0 Å². The molecule has 0 aliphatic rings. The Labute approximate surface area is 92.3 Å². The zero-order valence-corrected chi connectivity index (χ0v) is 8.20. The second-order valence-corrected chi connectivity index (χ2v) is 3.71. The third kappa shape index (κ3) is 2.50. The number of halogens is 10. The summed E-state index contributed by atoms with van der Waals surface area (Å²) in [5, 5.41) is 0. The van der Waals surface area contributed by atoms with Gasteiger partial charge in [-0.2, -0.15) is 35.1 Å². The van der Waals surface area contributed by atoms with Gasteiger partial charge in [0.2, 0.25) is 0 Å². The van der Waals surface area contributed by atoms with Crippen LogP contribution >= 0.6 is 23.2 Å². The zero-order valence-electron chi connectivity index (χ0n) is 6.69. The highest BCUT2D eigenvalue weighted by Gasteiger charge is 2.78. The van der Waals surface area contributed by atoms with Crippen LogP contribution in [-0.2, 0) is 4.79 Å². The van der Waals surface area contributed by atoms with Crippen LogP contribution in [-0.4, -0.2) is 28.4 Å². The van der Waals surface area contributed by atoms with E-state index in [2.05, 4.69) is 23.2 Å². The molecule has 0 bridgehead atoms. The molecule has 0 unspecified atom stereocenters.